The molecule has 6 heteroatoms. The molecule has 0 unspecified atom stereocenters. The number of nitrogens with zero attached hydrogens (tertiary/aromatic N) is 5. The van der Waals surface area contributed by atoms with Gasteiger partial charge in [0.1, 0.15) is 11.5 Å². The van der Waals surface area contributed by atoms with Gasteiger partial charge in [-0.2, -0.15) is 5.10 Å². The predicted molar refractivity (Wildman–Crippen MR) is 89.0 cm³/mol. The summed E-state index contributed by atoms with van der Waals surface area (Å²) in [7, 11) is 0. The number of halogens is 1. The first kappa shape index (κ1) is 14.4. The number of rotatable bonds is 4. The lowest BCUT2D eigenvalue weighted by molar-refractivity contribution is 0.584. The molecule has 2 aromatic heterocycles. The van der Waals surface area contributed by atoms with Crippen molar-refractivity contribution in [2.45, 2.75) is 13.0 Å². The van der Waals surface area contributed by atoms with E-state index in [2.05, 4.69) is 20.1 Å². The molecule has 0 fully saturated rings. The summed E-state index contributed by atoms with van der Waals surface area (Å²) in [4.78, 5) is 12.9. The molecule has 3 heterocycles. The van der Waals surface area contributed by atoms with E-state index in [9.17, 15) is 4.39 Å². The highest BCUT2D eigenvalue weighted by Gasteiger charge is 2.17. The first-order chi connectivity index (χ1) is 11.8. The van der Waals surface area contributed by atoms with Crippen molar-refractivity contribution in [1.82, 2.24) is 19.7 Å². The van der Waals surface area contributed by atoms with Crippen molar-refractivity contribution in [3.05, 3.63) is 78.1 Å². The van der Waals surface area contributed by atoms with Gasteiger partial charge in [0.2, 0.25) is 0 Å². The Morgan fingerprint density at radius 1 is 1.08 bits per heavy atom. The second-order valence-electron chi connectivity index (χ2n) is 5.40. The highest BCUT2D eigenvalue weighted by Crippen LogP contribution is 2.20. The van der Waals surface area contributed by atoms with E-state index < -0.39 is 0 Å². The minimum atomic E-state index is -0.247. The summed E-state index contributed by atoms with van der Waals surface area (Å²) in [6.45, 7) is 0.327. The maximum absolute atomic E-state index is 14.0. The first-order valence-corrected chi connectivity index (χ1v) is 7.62. The van der Waals surface area contributed by atoms with E-state index in [0.29, 0.717) is 23.6 Å². The maximum atomic E-state index is 14.0. The van der Waals surface area contributed by atoms with Crippen molar-refractivity contribution in [3.63, 3.8) is 0 Å². The SMILES string of the molecule is Fc1ccccc1Cn1nc(-c2ncccn2)cc1C1=NC=CC1. The Balaban J connectivity index is 1.77. The summed E-state index contributed by atoms with van der Waals surface area (Å²) in [6, 6.07) is 10.4. The van der Waals surface area contributed by atoms with E-state index in [1.165, 1.54) is 6.07 Å². The third-order valence-corrected chi connectivity index (χ3v) is 3.80. The van der Waals surface area contributed by atoms with E-state index in [-0.39, 0.29) is 5.82 Å². The van der Waals surface area contributed by atoms with Crippen LogP contribution in [0.1, 0.15) is 17.7 Å². The molecule has 0 bridgehead atoms. The van der Waals surface area contributed by atoms with Crippen LogP contribution in [-0.2, 0) is 6.54 Å². The highest BCUT2D eigenvalue weighted by molar-refractivity contribution is 6.02. The van der Waals surface area contributed by atoms with E-state index in [0.717, 1.165) is 17.8 Å². The second kappa shape index (κ2) is 6.16. The molecule has 1 aromatic carbocycles. The predicted octanol–water partition coefficient (Wildman–Crippen LogP) is 3.23. The molecule has 0 atom stereocenters. The molecule has 0 amide bonds. The van der Waals surface area contributed by atoms with Gasteiger partial charge in [-0.1, -0.05) is 24.3 Å². The van der Waals surface area contributed by atoms with Gasteiger partial charge in [-0.25, -0.2) is 14.4 Å². The van der Waals surface area contributed by atoms with Crippen LogP contribution in [0.2, 0.25) is 0 Å². The number of allylic oxidation sites excluding steroid dienone is 1. The maximum Gasteiger partial charge on any atom is 0.180 e. The quantitative estimate of drug-likeness (QED) is 0.742. The average Bonchev–Trinajstić information content (AvgIpc) is 3.27. The van der Waals surface area contributed by atoms with Gasteiger partial charge in [-0.3, -0.25) is 9.67 Å². The minimum absolute atomic E-state index is 0.247. The normalized spacial score (nSPS) is 13.3. The van der Waals surface area contributed by atoms with Crippen molar-refractivity contribution < 1.29 is 4.39 Å². The standard InChI is InChI=1S/C18H14FN5/c19-14-6-2-1-5-13(14)12-24-17(15-7-3-8-20-15)11-16(23-24)18-21-9-4-10-22-18/h1-6,8-11H,7,12H2. The van der Waals surface area contributed by atoms with E-state index >= 15 is 0 Å². The molecule has 4 rings (SSSR count). The van der Waals surface area contributed by atoms with Crippen LogP contribution >= 0.6 is 0 Å². The lowest BCUT2D eigenvalue weighted by Gasteiger charge is -2.08. The molecule has 1 aliphatic heterocycles. The summed E-state index contributed by atoms with van der Waals surface area (Å²) < 4.78 is 15.8. The number of aliphatic imine (C=N–C) groups is 1. The van der Waals surface area contributed by atoms with Crippen molar-refractivity contribution in [2.75, 3.05) is 0 Å². The zero-order valence-corrected chi connectivity index (χ0v) is 12.8. The van der Waals surface area contributed by atoms with Gasteiger partial charge in [-0.05, 0) is 18.2 Å². The van der Waals surface area contributed by atoms with Crippen molar-refractivity contribution >= 4 is 5.71 Å². The molecule has 3 aromatic rings. The fourth-order valence-electron chi connectivity index (χ4n) is 2.63. The molecule has 0 saturated heterocycles. The van der Waals surface area contributed by atoms with Crippen molar-refractivity contribution in [3.8, 4) is 11.5 Å². The van der Waals surface area contributed by atoms with Gasteiger partial charge >= 0.3 is 0 Å². The van der Waals surface area contributed by atoms with Crippen LogP contribution in [-0.4, -0.2) is 25.5 Å². The summed E-state index contributed by atoms with van der Waals surface area (Å²) in [5.41, 5.74) is 2.98. The Morgan fingerprint density at radius 2 is 1.92 bits per heavy atom. The van der Waals surface area contributed by atoms with Crippen LogP contribution in [0.5, 0.6) is 0 Å². The zero-order valence-electron chi connectivity index (χ0n) is 12.8. The Bertz CT molecular complexity index is 928. The largest absolute Gasteiger partial charge is 0.259 e. The van der Waals surface area contributed by atoms with Crippen LogP contribution in [0.25, 0.3) is 11.5 Å². The topological polar surface area (TPSA) is 56.0 Å². The van der Waals surface area contributed by atoms with Gasteiger partial charge < -0.3 is 0 Å². The Labute approximate surface area is 138 Å². The van der Waals surface area contributed by atoms with E-state index in [1.54, 1.807) is 41.5 Å². The second-order valence-corrected chi connectivity index (χ2v) is 5.40. The van der Waals surface area contributed by atoms with Crippen LogP contribution in [0, 0.1) is 5.82 Å². The third-order valence-electron chi connectivity index (χ3n) is 3.80. The van der Waals surface area contributed by atoms with Crippen molar-refractivity contribution in [1.29, 1.82) is 0 Å². The van der Waals surface area contributed by atoms with Gasteiger partial charge in [0.15, 0.2) is 5.82 Å². The van der Waals surface area contributed by atoms with Crippen LogP contribution in [0.3, 0.4) is 0 Å². The average molecular weight is 319 g/mol. The molecule has 0 radical (unpaired) electrons. The molecule has 118 valence electrons. The molecule has 0 saturated carbocycles. The lowest BCUT2D eigenvalue weighted by atomic mass is 10.1. The van der Waals surface area contributed by atoms with Crippen LogP contribution in [0.15, 0.2) is 66.1 Å². The Morgan fingerprint density at radius 3 is 2.67 bits per heavy atom. The molecule has 0 spiro atoms. The van der Waals surface area contributed by atoms with Crippen molar-refractivity contribution in [2.24, 2.45) is 4.99 Å². The third kappa shape index (κ3) is 2.74. The summed E-state index contributed by atoms with van der Waals surface area (Å²) in [6.07, 6.45) is 7.83. The first-order valence-electron chi connectivity index (χ1n) is 7.62. The molecule has 24 heavy (non-hydrogen) atoms. The van der Waals surface area contributed by atoms with Gasteiger partial charge in [0, 0.05) is 30.6 Å². The van der Waals surface area contributed by atoms with Gasteiger partial charge in [0.05, 0.1) is 18.0 Å². The highest BCUT2D eigenvalue weighted by atomic mass is 19.1. The molecular formula is C18H14FN5. The Kier molecular flexibility index (Phi) is 3.70. The number of benzene rings is 1. The molecule has 0 N–H and O–H groups in total. The number of hydrogen-bond acceptors (Lipinski definition) is 4. The Hall–Kier alpha value is -3.15. The lowest BCUT2D eigenvalue weighted by Crippen LogP contribution is -2.11. The fourth-order valence-corrected chi connectivity index (χ4v) is 2.63. The number of hydrogen-bond donors (Lipinski definition) is 0. The summed E-state index contributed by atoms with van der Waals surface area (Å²) in [5.74, 6) is 0.292. The monoisotopic (exact) mass is 319 g/mol. The fraction of sp³-hybridized carbons (Fsp3) is 0.111. The van der Waals surface area contributed by atoms with Gasteiger partial charge in [0.25, 0.3) is 0 Å². The zero-order chi connectivity index (χ0) is 16.4. The molecular weight excluding hydrogens is 305 g/mol. The molecule has 0 aliphatic carbocycles. The smallest absolute Gasteiger partial charge is 0.180 e. The molecule has 1 aliphatic rings. The van der Waals surface area contributed by atoms with E-state index in [4.69, 9.17) is 0 Å². The minimum Gasteiger partial charge on any atom is -0.259 e. The van der Waals surface area contributed by atoms with Crippen LogP contribution in [0.4, 0.5) is 4.39 Å². The van der Waals surface area contributed by atoms with Gasteiger partial charge in [-0.15, -0.1) is 0 Å². The van der Waals surface area contributed by atoms with E-state index in [1.807, 2.05) is 18.2 Å². The number of aromatic nitrogens is 4. The summed E-state index contributed by atoms with van der Waals surface area (Å²) in [5, 5.41) is 4.58. The summed E-state index contributed by atoms with van der Waals surface area (Å²) >= 11 is 0. The molecule has 5 nitrogen and oxygen atoms in total. The van der Waals surface area contributed by atoms with Crippen LogP contribution < -0.4 is 0 Å².